The number of nitrogens with one attached hydrogen (secondary N) is 2. The van der Waals surface area contributed by atoms with Crippen molar-refractivity contribution in [1.82, 2.24) is 10.2 Å². The summed E-state index contributed by atoms with van der Waals surface area (Å²) < 4.78 is 41.2. The molecule has 2 fully saturated rings. The lowest BCUT2D eigenvalue weighted by Crippen LogP contribution is -2.44. The molecule has 1 aliphatic carbocycles. The van der Waals surface area contributed by atoms with Crippen LogP contribution in [0.25, 0.3) is 11.1 Å². The smallest absolute Gasteiger partial charge is 0.367 e. The van der Waals surface area contributed by atoms with Gasteiger partial charge in [0.15, 0.2) is 0 Å². The van der Waals surface area contributed by atoms with E-state index >= 15 is 0 Å². The van der Waals surface area contributed by atoms with Crippen LogP contribution >= 0.6 is 11.6 Å². The van der Waals surface area contributed by atoms with Gasteiger partial charge in [0.2, 0.25) is 5.91 Å². The molecular formula is C31H33ClF3N5O3. The molecule has 1 atom stereocenters. The largest absolute Gasteiger partial charge is 0.414 e. The number of rotatable bonds is 6. The fraction of sp³-hybridized carbons (Fsp3) is 0.419. The van der Waals surface area contributed by atoms with Crippen molar-refractivity contribution in [3.05, 3.63) is 58.6 Å². The summed E-state index contributed by atoms with van der Waals surface area (Å²) in [6.07, 6.45) is 1.39. The second-order valence-electron chi connectivity index (χ2n) is 11.2. The third kappa shape index (κ3) is 7.27. The van der Waals surface area contributed by atoms with Gasteiger partial charge in [0, 0.05) is 60.7 Å². The minimum atomic E-state index is -4.89. The molecule has 0 aromatic heterocycles. The van der Waals surface area contributed by atoms with E-state index in [1.807, 2.05) is 18.0 Å². The Kier molecular flexibility index (Phi) is 9.22. The van der Waals surface area contributed by atoms with E-state index in [1.165, 1.54) is 6.42 Å². The van der Waals surface area contributed by atoms with Crippen molar-refractivity contribution in [3.8, 4) is 11.1 Å². The second-order valence-corrected chi connectivity index (χ2v) is 11.6. The molecule has 2 N–H and O–H groups in total. The van der Waals surface area contributed by atoms with Gasteiger partial charge in [-0.3, -0.25) is 14.4 Å². The van der Waals surface area contributed by atoms with Gasteiger partial charge >= 0.3 is 6.18 Å². The zero-order valence-electron chi connectivity index (χ0n) is 23.7. The fourth-order valence-electron chi connectivity index (χ4n) is 5.70. The number of nitrogens with zero attached hydrogens (tertiary/aromatic N) is 3. The molecule has 2 aliphatic heterocycles. The Morgan fingerprint density at radius 2 is 1.72 bits per heavy atom. The van der Waals surface area contributed by atoms with E-state index in [1.54, 1.807) is 30.3 Å². The summed E-state index contributed by atoms with van der Waals surface area (Å²) >= 11 is 6.58. The molecule has 0 bridgehead atoms. The van der Waals surface area contributed by atoms with E-state index in [-0.39, 0.29) is 17.6 Å². The molecule has 5 rings (SSSR count). The Labute approximate surface area is 253 Å². The molecule has 3 amide bonds. The average Bonchev–Trinajstić information content (AvgIpc) is 2.98. The maximum absolute atomic E-state index is 13.7. The molecule has 2 heterocycles. The standard InChI is InChI=1S/C31H33ClF3N5O3/c1-39-11-13-40(14-12-39)27-10-8-19(16-26(27)38-30(43)23-18-36-28(41)17-24(23)31(33,34)35)22-15-20(7-9-25(22)32)29(42)37-21-5-3-2-4-6-21/h7-10,15-18,21,23H,2-6,11-14H2,1H3,(H,37,42)(H,38,43). The number of amides is 3. The minimum absolute atomic E-state index is 0.124. The molecule has 8 nitrogen and oxygen atoms in total. The Hall–Kier alpha value is -3.70. The lowest BCUT2D eigenvalue weighted by molar-refractivity contribution is -0.124. The number of anilines is 2. The SMILES string of the molecule is CN1CCN(c2ccc(-c3cc(C(=O)NC4CCCCC4)ccc3Cl)cc2NC(=O)C2C=NC(=O)C=C2C(F)(F)F)CC1. The molecule has 2 aromatic rings. The number of carbonyl (C=O) groups excluding carboxylic acids is 3. The fourth-order valence-corrected chi connectivity index (χ4v) is 5.92. The van der Waals surface area contributed by atoms with Gasteiger partial charge in [-0.25, -0.2) is 4.99 Å². The Balaban J connectivity index is 1.47. The molecule has 1 unspecified atom stereocenters. The van der Waals surface area contributed by atoms with E-state index in [4.69, 9.17) is 11.6 Å². The number of dihydropyridines is 1. The molecule has 228 valence electrons. The summed E-state index contributed by atoms with van der Waals surface area (Å²) in [6.45, 7) is 2.81. The number of halogens is 4. The maximum atomic E-state index is 13.7. The summed E-state index contributed by atoms with van der Waals surface area (Å²) in [4.78, 5) is 45.6. The zero-order valence-corrected chi connectivity index (χ0v) is 24.5. The van der Waals surface area contributed by atoms with Crippen molar-refractivity contribution in [2.24, 2.45) is 10.9 Å². The number of likely N-dealkylation sites (N-methyl/N-ethyl adjacent to an activating group) is 1. The number of benzene rings is 2. The van der Waals surface area contributed by atoms with Gasteiger partial charge in [-0.15, -0.1) is 0 Å². The van der Waals surface area contributed by atoms with Crippen LogP contribution in [0.5, 0.6) is 0 Å². The van der Waals surface area contributed by atoms with Crippen LogP contribution in [0, 0.1) is 5.92 Å². The third-order valence-corrected chi connectivity index (χ3v) is 8.48. The molecule has 43 heavy (non-hydrogen) atoms. The summed E-state index contributed by atoms with van der Waals surface area (Å²) in [6, 6.07) is 10.3. The van der Waals surface area contributed by atoms with Crippen molar-refractivity contribution in [2.75, 3.05) is 43.4 Å². The minimum Gasteiger partial charge on any atom is -0.367 e. The van der Waals surface area contributed by atoms with Crippen molar-refractivity contribution in [3.63, 3.8) is 0 Å². The molecule has 0 spiro atoms. The van der Waals surface area contributed by atoms with Crippen molar-refractivity contribution < 1.29 is 27.6 Å². The van der Waals surface area contributed by atoms with Crippen LogP contribution in [0.2, 0.25) is 5.02 Å². The average molecular weight is 616 g/mol. The number of alkyl halides is 3. The van der Waals surface area contributed by atoms with Crippen molar-refractivity contribution in [1.29, 1.82) is 0 Å². The van der Waals surface area contributed by atoms with E-state index in [0.29, 0.717) is 46.6 Å². The summed E-state index contributed by atoms with van der Waals surface area (Å²) in [5.74, 6) is -4.04. The summed E-state index contributed by atoms with van der Waals surface area (Å²) in [5.41, 5.74) is 1.19. The Morgan fingerprint density at radius 1 is 1.00 bits per heavy atom. The lowest BCUT2D eigenvalue weighted by Gasteiger charge is -2.35. The number of carbonyl (C=O) groups is 3. The van der Waals surface area contributed by atoms with Gasteiger partial charge in [-0.05, 0) is 55.8 Å². The first-order valence-electron chi connectivity index (χ1n) is 14.4. The molecular weight excluding hydrogens is 583 g/mol. The number of hydrogen-bond donors (Lipinski definition) is 2. The van der Waals surface area contributed by atoms with Crippen LogP contribution in [0.3, 0.4) is 0 Å². The lowest BCUT2D eigenvalue weighted by atomic mass is 9.95. The predicted octanol–water partition coefficient (Wildman–Crippen LogP) is 5.48. The van der Waals surface area contributed by atoms with E-state index in [9.17, 15) is 27.6 Å². The predicted molar refractivity (Wildman–Crippen MR) is 161 cm³/mol. The number of hydrogen-bond acceptors (Lipinski definition) is 5. The molecule has 1 saturated carbocycles. The zero-order chi connectivity index (χ0) is 30.7. The highest BCUT2D eigenvalue weighted by molar-refractivity contribution is 6.33. The van der Waals surface area contributed by atoms with Crippen LogP contribution in [-0.4, -0.2) is 74.3 Å². The van der Waals surface area contributed by atoms with Gasteiger partial charge in [0.05, 0.1) is 16.9 Å². The summed E-state index contributed by atoms with van der Waals surface area (Å²) in [7, 11) is 2.00. The van der Waals surface area contributed by atoms with E-state index in [2.05, 4.69) is 20.5 Å². The Morgan fingerprint density at radius 3 is 2.42 bits per heavy atom. The van der Waals surface area contributed by atoms with Gasteiger partial charge in [-0.2, -0.15) is 13.2 Å². The maximum Gasteiger partial charge on any atom is 0.414 e. The van der Waals surface area contributed by atoms with E-state index in [0.717, 1.165) is 45.0 Å². The van der Waals surface area contributed by atoms with Crippen LogP contribution in [0.15, 0.2) is 53.0 Å². The van der Waals surface area contributed by atoms with Gasteiger partial charge in [-0.1, -0.05) is 36.9 Å². The first kappa shape index (κ1) is 30.7. The van der Waals surface area contributed by atoms with E-state index < -0.39 is 29.5 Å². The number of piperazine rings is 1. The first-order valence-corrected chi connectivity index (χ1v) is 14.7. The molecule has 0 radical (unpaired) electrons. The summed E-state index contributed by atoms with van der Waals surface area (Å²) in [5, 5.41) is 6.14. The highest BCUT2D eigenvalue weighted by atomic mass is 35.5. The highest BCUT2D eigenvalue weighted by Crippen LogP contribution is 2.38. The molecule has 2 aromatic carbocycles. The van der Waals surface area contributed by atoms with Gasteiger partial charge in [0.25, 0.3) is 11.8 Å². The number of aliphatic imine (C=N–C) groups is 1. The van der Waals surface area contributed by atoms with Crippen LogP contribution in [0.4, 0.5) is 24.5 Å². The Bertz CT molecular complexity index is 1460. The first-order chi connectivity index (χ1) is 20.5. The topological polar surface area (TPSA) is 94.1 Å². The third-order valence-electron chi connectivity index (χ3n) is 8.15. The second kappa shape index (κ2) is 12.9. The highest BCUT2D eigenvalue weighted by Gasteiger charge is 2.43. The molecule has 1 saturated heterocycles. The van der Waals surface area contributed by atoms with Crippen LogP contribution in [0.1, 0.15) is 42.5 Å². The van der Waals surface area contributed by atoms with Crippen LogP contribution < -0.4 is 15.5 Å². The molecule has 3 aliphatic rings. The molecule has 12 heteroatoms. The van der Waals surface area contributed by atoms with Crippen molar-refractivity contribution in [2.45, 2.75) is 44.3 Å². The monoisotopic (exact) mass is 615 g/mol. The van der Waals surface area contributed by atoms with Crippen LogP contribution in [-0.2, 0) is 9.59 Å². The quantitative estimate of drug-likeness (QED) is 0.449. The van der Waals surface area contributed by atoms with Gasteiger partial charge in [0.1, 0.15) is 5.92 Å². The normalized spacial score (nSPS) is 20.1. The van der Waals surface area contributed by atoms with Crippen molar-refractivity contribution >= 4 is 46.9 Å². The van der Waals surface area contributed by atoms with Gasteiger partial charge < -0.3 is 20.4 Å².